The van der Waals surface area contributed by atoms with Crippen LogP contribution in [0.15, 0.2) is 30.3 Å². The smallest absolute Gasteiger partial charge is 0.246 e. The van der Waals surface area contributed by atoms with Gasteiger partial charge in [0.2, 0.25) is 5.91 Å². The maximum absolute atomic E-state index is 11.6. The van der Waals surface area contributed by atoms with Gasteiger partial charge in [-0.1, -0.05) is 32.0 Å². The number of nitrogens with one attached hydrogen (secondary N) is 1. The third kappa shape index (κ3) is 7.11. The van der Waals surface area contributed by atoms with Crippen LogP contribution in [0.2, 0.25) is 0 Å². The van der Waals surface area contributed by atoms with Gasteiger partial charge in [-0.3, -0.25) is 4.79 Å². The number of nitrogens with two attached hydrogens (primary N) is 1. The van der Waals surface area contributed by atoms with Gasteiger partial charge in [-0.05, 0) is 25.0 Å². The van der Waals surface area contributed by atoms with Crippen LogP contribution in [0.4, 0.5) is 0 Å². The fraction of sp³-hybridized carbons (Fsp3) is 0.562. The minimum absolute atomic E-state index is 0.0294. The lowest BCUT2D eigenvalue weighted by atomic mass is 9.94. The Morgan fingerprint density at radius 2 is 1.86 bits per heavy atom. The van der Waals surface area contributed by atoms with Crippen molar-refractivity contribution < 1.29 is 14.3 Å². The Labute approximate surface area is 126 Å². The molecule has 0 spiro atoms. The van der Waals surface area contributed by atoms with Crippen molar-refractivity contribution >= 4 is 5.91 Å². The van der Waals surface area contributed by atoms with E-state index in [1.54, 1.807) is 0 Å². The van der Waals surface area contributed by atoms with Gasteiger partial charge < -0.3 is 20.5 Å². The molecule has 0 aliphatic rings. The van der Waals surface area contributed by atoms with Crippen LogP contribution in [0.1, 0.15) is 26.7 Å². The lowest BCUT2D eigenvalue weighted by Crippen LogP contribution is -2.49. The van der Waals surface area contributed by atoms with Crippen LogP contribution in [-0.2, 0) is 9.53 Å². The van der Waals surface area contributed by atoms with E-state index < -0.39 is 0 Å². The number of carbonyl (C=O) groups is 1. The molecule has 0 saturated heterocycles. The Bertz CT molecular complexity index is 405. The van der Waals surface area contributed by atoms with Crippen LogP contribution in [0.25, 0.3) is 0 Å². The number of para-hydroxylation sites is 1. The van der Waals surface area contributed by atoms with Gasteiger partial charge in [-0.25, -0.2) is 0 Å². The van der Waals surface area contributed by atoms with Crippen molar-refractivity contribution in [2.75, 3.05) is 26.4 Å². The summed E-state index contributed by atoms with van der Waals surface area (Å²) in [6.45, 7) is 5.34. The van der Waals surface area contributed by atoms with Gasteiger partial charge >= 0.3 is 0 Å². The molecule has 5 heteroatoms. The largest absolute Gasteiger partial charge is 0.491 e. The van der Waals surface area contributed by atoms with E-state index >= 15 is 0 Å². The molecule has 0 aliphatic heterocycles. The Morgan fingerprint density at radius 3 is 2.48 bits per heavy atom. The Hall–Kier alpha value is -1.59. The molecule has 3 N–H and O–H groups in total. The van der Waals surface area contributed by atoms with Gasteiger partial charge in [0.25, 0.3) is 0 Å². The Morgan fingerprint density at radius 1 is 1.19 bits per heavy atom. The van der Waals surface area contributed by atoms with Crippen LogP contribution in [0.3, 0.4) is 0 Å². The molecule has 0 atom stereocenters. The second-order valence-corrected chi connectivity index (χ2v) is 5.06. The van der Waals surface area contributed by atoms with Crippen LogP contribution in [0.5, 0.6) is 5.75 Å². The van der Waals surface area contributed by atoms with Crippen molar-refractivity contribution in [1.29, 1.82) is 0 Å². The van der Waals surface area contributed by atoms with Crippen LogP contribution in [-0.4, -0.2) is 37.8 Å². The molecular weight excluding hydrogens is 268 g/mol. The predicted octanol–water partition coefficient (Wildman–Crippen LogP) is 1.72. The summed E-state index contributed by atoms with van der Waals surface area (Å²) in [7, 11) is 0. The number of carbonyl (C=O) groups excluding carboxylic acids is 1. The fourth-order valence-corrected chi connectivity index (χ4v) is 1.73. The molecule has 0 aromatic heterocycles. The molecule has 21 heavy (non-hydrogen) atoms. The zero-order chi connectivity index (χ0) is 15.6. The fourth-order valence-electron chi connectivity index (χ4n) is 1.73. The Balaban J connectivity index is 2.08. The standard InChI is InChI=1S/C16H26N2O3/c1-3-16(17,4-2)13-18-15(19)12-20-10-11-21-14-8-6-5-7-9-14/h5-9H,3-4,10-13,17H2,1-2H3,(H,18,19). The second-order valence-electron chi connectivity index (χ2n) is 5.06. The molecule has 0 bridgehead atoms. The van der Waals surface area contributed by atoms with Crippen LogP contribution >= 0.6 is 0 Å². The van der Waals surface area contributed by atoms with Gasteiger partial charge in [0.15, 0.2) is 0 Å². The van der Waals surface area contributed by atoms with Crippen molar-refractivity contribution in [3.05, 3.63) is 30.3 Å². The monoisotopic (exact) mass is 294 g/mol. The highest BCUT2D eigenvalue weighted by molar-refractivity contribution is 5.77. The first-order valence-corrected chi connectivity index (χ1v) is 7.41. The highest BCUT2D eigenvalue weighted by Gasteiger charge is 2.20. The van der Waals surface area contributed by atoms with Gasteiger partial charge in [0.05, 0.1) is 6.61 Å². The zero-order valence-corrected chi connectivity index (χ0v) is 12.9. The number of hydrogen-bond donors (Lipinski definition) is 2. The number of hydrogen-bond acceptors (Lipinski definition) is 4. The first kappa shape index (κ1) is 17.5. The van der Waals surface area contributed by atoms with E-state index in [9.17, 15) is 4.79 Å². The number of benzene rings is 1. The minimum atomic E-state index is -0.327. The summed E-state index contributed by atoms with van der Waals surface area (Å²) in [5.41, 5.74) is 5.78. The van der Waals surface area contributed by atoms with E-state index in [0.717, 1.165) is 18.6 Å². The SMILES string of the molecule is CCC(N)(CC)CNC(=O)COCCOc1ccccc1. The quantitative estimate of drug-likeness (QED) is 0.644. The maximum atomic E-state index is 11.6. The summed E-state index contributed by atoms with van der Waals surface area (Å²) in [6, 6.07) is 9.50. The highest BCUT2D eigenvalue weighted by Crippen LogP contribution is 2.09. The topological polar surface area (TPSA) is 73.6 Å². The Kier molecular flexibility index (Phi) is 7.79. The first-order valence-electron chi connectivity index (χ1n) is 7.41. The normalized spacial score (nSPS) is 11.2. The van der Waals surface area contributed by atoms with Crippen LogP contribution in [0, 0.1) is 0 Å². The first-order chi connectivity index (χ1) is 10.1. The van der Waals surface area contributed by atoms with E-state index in [1.807, 2.05) is 44.2 Å². The number of ether oxygens (including phenoxy) is 2. The molecule has 1 amide bonds. The molecule has 0 heterocycles. The lowest BCUT2D eigenvalue weighted by Gasteiger charge is -2.26. The maximum Gasteiger partial charge on any atom is 0.246 e. The van der Waals surface area contributed by atoms with Crippen molar-refractivity contribution in [3.63, 3.8) is 0 Å². The van der Waals surface area contributed by atoms with E-state index in [0.29, 0.717) is 19.8 Å². The number of amides is 1. The van der Waals surface area contributed by atoms with Gasteiger partial charge in [-0.2, -0.15) is 0 Å². The summed E-state index contributed by atoms with van der Waals surface area (Å²) in [5.74, 6) is 0.649. The van der Waals surface area contributed by atoms with Crippen LogP contribution < -0.4 is 15.8 Å². The molecule has 1 rings (SSSR count). The summed E-state index contributed by atoms with van der Waals surface area (Å²) < 4.78 is 10.7. The summed E-state index contributed by atoms with van der Waals surface area (Å²) >= 11 is 0. The van der Waals surface area contributed by atoms with E-state index in [2.05, 4.69) is 5.32 Å². The zero-order valence-electron chi connectivity index (χ0n) is 12.9. The average molecular weight is 294 g/mol. The second kappa shape index (κ2) is 9.37. The van der Waals surface area contributed by atoms with Crippen molar-refractivity contribution in [2.24, 2.45) is 5.73 Å². The van der Waals surface area contributed by atoms with Gasteiger partial charge in [-0.15, -0.1) is 0 Å². The lowest BCUT2D eigenvalue weighted by molar-refractivity contribution is -0.126. The number of rotatable bonds is 10. The molecule has 0 saturated carbocycles. The molecule has 0 aliphatic carbocycles. The van der Waals surface area contributed by atoms with E-state index in [4.69, 9.17) is 15.2 Å². The third-order valence-corrected chi connectivity index (χ3v) is 3.52. The molecular formula is C16H26N2O3. The van der Waals surface area contributed by atoms with E-state index in [1.165, 1.54) is 0 Å². The molecule has 1 aromatic carbocycles. The van der Waals surface area contributed by atoms with Crippen molar-refractivity contribution in [3.8, 4) is 5.75 Å². The highest BCUT2D eigenvalue weighted by atomic mass is 16.5. The summed E-state index contributed by atoms with van der Waals surface area (Å²) in [4.78, 5) is 11.6. The molecule has 0 fully saturated rings. The average Bonchev–Trinajstić information content (AvgIpc) is 2.53. The molecule has 118 valence electrons. The molecule has 0 unspecified atom stereocenters. The van der Waals surface area contributed by atoms with Gasteiger partial charge in [0, 0.05) is 12.1 Å². The van der Waals surface area contributed by atoms with E-state index in [-0.39, 0.29) is 18.1 Å². The minimum Gasteiger partial charge on any atom is -0.491 e. The summed E-state index contributed by atoms with van der Waals surface area (Å²) in [5, 5.41) is 2.80. The molecule has 0 radical (unpaired) electrons. The van der Waals surface area contributed by atoms with Crippen molar-refractivity contribution in [2.45, 2.75) is 32.2 Å². The third-order valence-electron chi connectivity index (χ3n) is 3.52. The van der Waals surface area contributed by atoms with Crippen molar-refractivity contribution in [1.82, 2.24) is 5.32 Å². The summed E-state index contributed by atoms with van der Waals surface area (Å²) in [6.07, 6.45) is 1.66. The molecule has 5 nitrogen and oxygen atoms in total. The van der Waals surface area contributed by atoms with Gasteiger partial charge in [0.1, 0.15) is 19.0 Å². The predicted molar refractivity (Wildman–Crippen MR) is 83.3 cm³/mol. The molecule has 1 aromatic rings.